The third-order valence-corrected chi connectivity index (χ3v) is 2.59. The van der Waals surface area contributed by atoms with Crippen molar-refractivity contribution < 1.29 is 0 Å². The van der Waals surface area contributed by atoms with Gasteiger partial charge in [0.2, 0.25) is 0 Å². The highest BCUT2D eigenvalue weighted by Crippen LogP contribution is 2.65. The number of fused-ring (bicyclic) bond motifs is 1. The summed E-state index contributed by atoms with van der Waals surface area (Å²) in [6, 6.07) is 0. The summed E-state index contributed by atoms with van der Waals surface area (Å²) < 4.78 is 0. The third kappa shape index (κ3) is 0.412. The lowest BCUT2D eigenvalue weighted by atomic mass is 10.1. The first-order valence-corrected chi connectivity index (χ1v) is 3.60. The van der Waals surface area contributed by atoms with Gasteiger partial charge in [0.1, 0.15) is 5.66 Å². The van der Waals surface area contributed by atoms with Crippen LogP contribution in [0.1, 0.15) is 13.8 Å². The number of rotatable bonds is 2. The quantitative estimate of drug-likeness (QED) is 0.438. The van der Waals surface area contributed by atoms with Crippen molar-refractivity contribution in [3.8, 4) is 0 Å². The highest BCUT2D eigenvalue weighted by Gasteiger charge is 2.81. The molecule has 0 aromatic rings. The molecule has 2 N–H and O–H groups in total. The fraction of sp³-hybridized carbons (Fsp3) is 1.00. The lowest BCUT2D eigenvalue weighted by molar-refractivity contribution is 0.149. The third-order valence-electron chi connectivity index (χ3n) is 2.59. The SMILES string of the molecule is C[N-]N1[C@H]2N(N)[C@@]21C(C)C. The van der Waals surface area contributed by atoms with Crippen LogP contribution in [0.15, 0.2) is 0 Å². The first-order valence-electron chi connectivity index (χ1n) is 3.60. The maximum atomic E-state index is 5.65. The van der Waals surface area contributed by atoms with E-state index < -0.39 is 0 Å². The Morgan fingerprint density at radius 2 is 2.20 bits per heavy atom. The molecule has 2 saturated heterocycles. The van der Waals surface area contributed by atoms with Crippen molar-refractivity contribution in [2.45, 2.75) is 25.7 Å². The van der Waals surface area contributed by atoms with Crippen molar-refractivity contribution in [2.24, 2.45) is 11.8 Å². The first kappa shape index (κ1) is 6.54. The summed E-state index contributed by atoms with van der Waals surface area (Å²) in [6.45, 7) is 4.34. The molecule has 2 heterocycles. The van der Waals surface area contributed by atoms with Crippen LogP contribution in [0.3, 0.4) is 0 Å². The summed E-state index contributed by atoms with van der Waals surface area (Å²) in [5.74, 6) is 6.22. The molecule has 0 amide bonds. The van der Waals surface area contributed by atoms with E-state index in [1.807, 2.05) is 12.1 Å². The predicted octanol–water partition coefficient (Wildman–Crippen LogP) is 0.0882. The van der Waals surface area contributed by atoms with E-state index in [9.17, 15) is 0 Å². The normalized spacial score (nSPS) is 56.7. The van der Waals surface area contributed by atoms with E-state index in [-0.39, 0.29) is 5.66 Å². The summed E-state index contributed by atoms with van der Waals surface area (Å²) in [4.78, 5) is 0. The average Bonchev–Trinajstić information content (AvgIpc) is 2.69. The van der Waals surface area contributed by atoms with Gasteiger partial charge in [-0.1, -0.05) is 13.8 Å². The van der Waals surface area contributed by atoms with Crippen molar-refractivity contribution in [3.05, 3.63) is 5.43 Å². The predicted molar refractivity (Wildman–Crippen MR) is 38.5 cm³/mol. The molecule has 0 aromatic carbocycles. The highest BCUT2D eigenvalue weighted by molar-refractivity contribution is 5.32. The molecule has 58 valence electrons. The van der Waals surface area contributed by atoms with Crippen LogP contribution in [-0.2, 0) is 0 Å². The molecule has 2 aliphatic heterocycles. The second-order valence-corrected chi connectivity index (χ2v) is 3.26. The fourth-order valence-corrected chi connectivity index (χ4v) is 1.88. The fourth-order valence-electron chi connectivity index (χ4n) is 1.88. The van der Waals surface area contributed by atoms with Gasteiger partial charge in [-0.3, -0.25) is 5.84 Å². The van der Waals surface area contributed by atoms with Crippen LogP contribution in [0, 0.1) is 5.92 Å². The van der Waals surface area contributed by atoms with E-state index in [1.54, 1.807) is 0 Å². The summed E-state index contributed by atoms with van der Waals surface area (Å²) in [5, 5.41) is 3.92. The van der Waals surface area contributed by atoms with Gasteiger partial charge in [-0.25, -0.2) is 5.01 Å². The standard InChI is InChI=1S/C6H13N4/c1-4(2)6-5(9(6)7)10(6)8-3/h4-5H,7H2,1-3H3/q-1/t5-,6-,9?,10?/m1/s1. The van der Waals surface area contributed by atoms with Crippen LogP contribution < -0.4 is 5.84 Å². The van der Waals surface area contributed by atoms with Gasteiger partial charge in [0.15, 0.2) is 0 Å². The van der Waals surface area contributed by atoms with Crippen LogP contribution in [0.5, 0.6) is 0 Å². The molecule has 4 nitrogen and oxygen atoms in total. The van der Waals surface area contributed by atoms with Gasteiger partial charge in [0.05, 0.1) is 6.17 Å². The molecule has 4 heteroatoms. The highest BCUT2D eigenvalue weighted by atomic mass is 16.0. The summed E-state index contributed by atoms with van der Waals surface area (Å²) >= 11 is 0. The molecule has 2 fully saturated rings. The minimum absolute atomic E-state index is 0.120. The van der Waals surface area contributed by atoms with Gasteiger partial charge < -0.3 is 10.4 Å². The Kier molecular flexibility index (Phi) is 1.00. The maximum Gasteiger partial charge on any atom is 0.105 e. The van der Waals surface area contributed by atoms with Crippen LogP contribution in [0.4, 0.5) is 0 Å². The smallest absolute Gasteiger partial charge is 0.105 e. The van der Waals surface area contributed by atoms with Crippen molar-refractivity contribution in [1.29, 1.82) is 0 Å². The second-order valence-electron chi connectivity index (χ2n) is 3.26. The lowest BCUT2D eigenvalue weighted by Crippen LogP contribution is -2.38. The zero-order valence-corrected chi connectivity index (χ0v) is 6.57. The second kappa shape index (κ2) is 1.53. The maximum absolute atomic E-state index is 5.65. The average molecular weight is 141 g/mol. The van der Waals surface area contributed by atoms with E-state index in [2.05, 4.69) is 24.3 Å². The van der Waals surface area contributed by atoms with E-state index >= 15 is 0 Å². The van der Waals surface area contributed by atoms with Gasteiger partial charge in [-0.15, -0.1) is 0 Å². The monoisotopic (exact) mass is 141 g/mol. The number of hydrogen-bond acceptors (Lipinski definition) is 3. The van der Waals surface area contributed by atoms with E-state index in [1.165, 1.54) is 0 Å². The molecule has 2 rings (SSSR count). The van der Waals surface area contributed by atoms with Gasteiger partial charge in [-0.05, 0) is 5.92 Å². The van der Waals surface area contributed by atoms with Crippen molar-refractivity contribution >= 4 is 0 Å². The van der Waals surface area contributed by atoms with Gasteiger partial charge in [0.25, 0.3) is 0 Å². The van der Waals surface area contributed by atoms with E-state index in [0.717, 1.165) is 0 Å². The summed E-state index contributed by atoms with van der Waals surface area (Å²) in [6.07, 6.45) is 0.414. The molecule has 0 aliphatic carbocycles. The van der Waals surface area contributed by atoms with Gasteiger partial charge in [0, 0.05) is 0 Å². The number of nitrogens with zero attached hydrogens (tertiary/aromatic N) is 3. The number of nitrogens with two attached hydrogens (primary N) is 1. The zero-order chi connectivity index (χ0) is 7.52. The lowest BCUT2D eigenvalue weighted by Gasteiger charge is -2.32. The molecule has 0 aromatic heterocycles. The van der Waals surface area contributed by atoms with Crippen LogP contribution >= 0.6 is 0 Å². The van der Waals surface area contributed by atoms with Crippen LogP contribution in [0.2, 0.25) is 0 Å². The Balaban J connectivity index is 2.06. The van der Waals surface area contributed by atoms with Crippen LogP contribution in [-0.4, -0.2) is 28.9 Å². The Labute approximate surface area is 60.9 Å². The molecular formula is C6H13N4-. The Hall–Kier alpha value is -0.160. The van der Waals surface area contributed by atoms with Crippen molar-refractivity contribution in [1.82, 2.24) is 10.0 Å². The van der Waals surface area contributed by atoms with E-state index in [0.29, 0.717) is 12.1 Å². The molecule has 10 heavy (non-hydrogen) atoms. The molecule has 0 spiro atoms. The number of hydrazine groups is 1. The Bertz CT molecular complexity index is 163. The van der Waals surface area contributed by atoms with Gasteiger partial charge in [-0.2, -0.15) is 7.05 Å². The Morgan fingerprint density at radius 1 is 1.60 bits per heavy atom. The molecule has 0 saturated carbocycles. The largest absolute Gasteiger partial charge is 0.594 e. The molecule has 0 radical (unpaired) electrons. The minimum Gasteiger partial charge on any atom is -0.594 e. The van der Waals surface area contributed by atoms with Crippen molar-refractivity contribution in [3.63, 3.8) is 0 Å². The molecule has 2 aliphatic rings. The molecule has 2 unspecified atom stereocenters. The first-order chi connectivity index (χ1) is 4.67. The topological polar surface area (TPSA) is 46.1 Å². The van der Waals surface area contributed by atoms with E-state index in [4.69, 9.17) is 5.84 Å². The number of hydrogen-bond donors (Lipinski definition) is 1. The van der Waals surface area contributed by atoms with Gasteiger partial charge >= 0.3 is 0 Å². The zero-order valence-electron chi connectivity index (χ0n) is 6.57. The minimum atomic E-state index is 0.120. The summed E-state index contributed by atoms with van der Waals surface area (Å²) in [5.41, 5.74) is 4.21. The molecular weight excluding hydrogens is 128 g/mol. The van der Waals surface area contributed by atoms with Crippen LogP contribution in [0.25, 0.3) is 5.43 Å². The molecule has 4 atom stereocenters. The Morgan fingerprint density at radius 3 is 2.30 bits per heavy atom. The summed E-state index contributed by atoms with van der Waals surface area (Å²) in [7, 11) is 1.81. The molecule has 0 bridgehead atoms. The van der Waals surface area contributed by atoms with Crippen molar-refractivity contribution in [2.75, 3.05) is 7.05 Å².